The Morgan fingerprint density at radius 1 is 1.03 bits per heavy atom. The van der Waals surface area contributed by atoms with E-state index in [1.54, 1.807) is 48.8 Å². The molecule has 0 saturated heterocycles. The van der Waals surface area contributed by atoms with Crippen LogP contribution in [0.4, 0.5) is 5.69 Å². The molecule has 1 aliphatic heterocycles. The SMILES string of the molecule is O=C(NC(=NCc1ccncc1)Nc1ccc2c(c1)OCO2)c1ccc(Cl)cc1. The van der Waals surface area contributed by atoms with E-state index in [1.165, 1.54) is 0 Å². The molecule has 1 amide bonds. The minimum atomic E-state index is -0.302. The molecule has 4 rings (SSSR count). The Labute approximate surface area is 172 Å². The number of carbonyl (C=O) groups is 1. The van der Waals surface area contributed by atoms with Crippen LogP contribution < -0.4 is 20.1 Å². The van der Waals surface area contributed by atoms with Crippen molar-refractivity contribution < 1.29 is 14.3 Å². The molecule has 2 aromatic carbocycles. The summed E-state index contributed by atoms with van der Waals surface area (Å²) in [5.74, 6) is 1.31. The zero-order chi connectivity index (χ0) is 20.1. The summed E-state index contributed by atoms with van der Waals surface area (Å²) in [5.41, 5.74) is 2.14. The van der Waals surface area contributed by atoms with E-state index < -0.39 is 0 Å². The first kappa shape index (κ1) is 18.8. The lowest BCUT2D eigenvalue weighted by molar-refractivity contribution is 0.0977. The van der Waals surface area contributed by atoms with Crippen LogP contribution in [0.2, 0.25) is 5.02 Å². The lowest BCUT2D eigenvalue weighted by atomic mass is 10.2. The summed E-state index contributed by atoms with van der Waals surface area (Å²) in [4.78, 5) is 21.1. The summed E-state index contributed by atoms with van der Waals surface area (Å²) < 4.78 is 10.7. The number of fused-ring (bicyclic) bond motifs is 1. The molecule has 0 radical (unpaired) electrons. The second-order valence-electron chi connectivity index (χ2n) is 6.17. The van der Waals surface area contributed by atoms with Crippen LogP contribution in [-0.4, -0.2) is 23.6 Å². The van der Waals surface area contributed by atoms with Crippen LogP contribution in [0.3, 0.4) is 0 Å². The molecule has 146 valence electrons. The summed E-state index contributed by atoms with van der Waals surface area (Å²) in [6.45, 7) is 0.561. The van der Waals surface area contributed by atoms with Crippen LogP contribution in [0.5, 0.6) is 11.5 Å². The van der Waals surface area contributed by atoms with Gasteiger partial charge in [0.2, 0.25) is 12.8 Å². The Bertz CT molecular complexity index is 1040. The number of aromatic nitrogens is 1. The van der Waals surface area contributed by atoms with Gasteiger partial charge in [0.25, 0.3) is 5.91 Å². The molecule has 1 aliphatic rings. The van der Waals surface area contributed by atoms with Gasteiger partial charge < -0.3 is 14.8 Å². The number of pyridine rings is 1. The second-order valence-corrected chi connectivity index (χ2v) is 6.61. The molecule has 0 aliphatic carbocycles. The number of carbonyl (C=O) groups excluding carboxylic acids is 1. The lowest BCUT2D eigenvalue weighted by Crippen LogP contribution is -2.36. The number of aliphatic imine (C=N–C) groups is 1. The topological polar surface area (TPSA) is 84.8 Å². The number of nitrogens with zero attached hydrogens (tertiary/aromatic N) is 2. The molecule has 2 heterocycles. The first-order chi connectivity index (χ1) is 14.2. The summed E-state index contributed by atoms with van der Waals surface area (Å²) in [6.07, 6.45) is 3.39. The fourth-order valence-electron chi connectivity index (χ4n) is 2.66. The number of benzene rings is 2. The van der Waals surface area contributed by atoms with Gasteiger partial charge in [-0.2, -0.15) is 0 Å². The average Bonchev–Trinajstić information content (AvgIpc) is 3.21. The van der Waals surface area contributed by atoms with Crippen LogP contribution in [0, 0.1) is 0 Å². The van der Waals surface area contributed by atoms with Crippen LogP contribution in [0.25, 0.3) is 0 Å². The highest BCUT2D eigenvalue weighted by Gasteiger charge is 2.15. The van der Waals surface area contributed by atoms with Gasteiger partial charge in [-0.15, -0.1) is 0 Å². The zero-order valence-electron chi connectivity index (χ0n) is 15.3. The molecule has 29 heavy (non-hydrogen) atoms. The largest absolute Gasteiger partial charge is 0.454 e. The van der Waals surface area contributed by atoms with Gasteiger partial charge in [-0.3, -0.25) is 15.1 Å². The van der Waals surface area contributed by atoms with E-state index in [0.717, 1.165) is 5.56 Å². The Morgan fingerprint density at radius 2 is 1.79 bits per heavy atom. The molecule has 3 aromatic rings. The standard InChI is InChI=1S/C21H17ClN4O3/c22-16-3-1-15(2-4-16)20(27)26-21(24-12-14-7-9-23-10-8-14)25-17-5-6-18-19(11-17)29-13-28-18/h1-11H,12-13H2,(H2,24,25,26,27). The molecule has 0 unspecified atom stereocenters. The fraction of sp³-hybridized carbons (Fsp3) is 0.0952. The molecule has 8 heteroatoms. The van der Waals surface area contributed by atoms with Crippen LogP contribution in [0.1, 0.15) is 15.9 Å². The number of halogens is 1. The van der Waals surface area contributed by atoms with Crippen molar-refractivity contribution in [1.29, 1.82) is 0 Å². The van der Waals surface area contributed by atoms with Crippen molar-refractivity contribution in [3.63, 3.8) is 0 Å². The molecule has 0 bridgehead atoms. The highest BCUT2D eigenvalue weighted by Crippen LogP contribution is 2.34. The van der Waals surface area contributed by atoms with E-state index in [9.17, 15) is 4.79 Å². The molecular formula is C21H17ClN4O3. The fourth-order valence-corrected chi connectivity index (χ4v) is 2.79. The monoisotopic (exact) mass is 408 g/mol. The quantitative estimate of drug-likeness (QED) is 0.505. The molecule has 0 fully saturated rings. The average molecular weight is 409 g/mol. The molecule has 0 atom stereocenters. The number of hydrogen-bond donors (Lipinski definition) is 2. The summed E-state index contributed by atoms with van der Waals surface area (Å²) >= 11 is 5.90. The van der Waals surface area contributed by atoms with Crippen LogP contribution in [-0.2, 0) is 6.54 Å². The van der Waals surface area contributed by atoms with Crippen LogP contribution in [0.15, 0.2) is 72.0 Å². The van der Waals surface area contributed by atoms with Crippen molar-refractivity contribution in [2.24, 2.45) is 4.99 Å². The van der Waals surface area contributed by atoms with E-state index in [1.807, 2.05) is 18.2 Å². The summed E-state index contributed by atoms with van der Waals surface area (Å²) in [7, 11) is 0. The van der Waals surface area contributed by atoms with Crippen molar-refractivity contribution in [2.45, 2.75) is 6.54 Å². The van der Waals surface area contributed by atoms with E-state index in [2.05, 4.69) is 20.6 Å². The third kappa shape index (κ3) is 4.83. The first-order valence-corrected chi connectivity index (χ1v) is 9.22. The normalized spacial score (nSPS) is 12.5. The highest BCUT2D eigenvalue weighted by atomic mass is 35.5. The smallest absolute Gasteiger partial charge is 0.257 e. The Balaban J connectivity index is 1.54. The predicted molar refractivity (Wildman–Crippen MR) is 110 cm³/mol. The zero-order valence-corrected chi connectivity index (χ0v) is 16.0. The molecule has 2 N–H and O–H groups in total. The number of rotatable bonds is 4. The maximum atomic E-state index is 12.6. The molecule has 1 aromatic heterocycles. The van der Waals surface area contributed by atoms with Gasteiger partial charge in [0.05, 0.1) is 6.54 Å². The lowest BCUT2D eigenvalue weighted by Gasteiger charge is -2.12. The maximum Gasteiger partial charge on any atom is 0.257 e. The van der Waals surface area contributed by atoms with E-state index in [4.69, 9.17) is 21.1 Å². The van der Waals surface area contributed by atoms with Crippen LogP contribution >= 0.6 is 11.6 Å². The predicted octanol–water partition coefficient (Wildman–Crippen LogP) is 3.86. The molecule has 0 spiro atoms. The van der Waals surface area contributed by atoms with Crippen molar-refractivity contribution in [2.75, 3.05) is 12.1 Å². The summed E-state index contributed by atoms with van der Waals surface area (Å²) in [5, 5.41) is 6.50. The number of hydrogen-bond acceptors (Lipinski definition) is 5. The first-order valence-electron chi connectivity index (χ1n) is 8.84. The highest BCUT2D eigenvalue weighted by molar-refractivity contribution is 6.30. The third-order valence-electron chi connectivity index (χ3n) is 4.14. The Morgan fingerprint density at radius 3 is 2.59 bits per heavy atom. The van der Waals surface area contributed by atoms with Crippen molar-refractivity contribution >= 4 is 29.2 Å². The van der Waals surface area contributed by atoms with Crippen molar-refractivity contribution in [1.82, 2.24) is 10.3 Å². The van der Waals surface area contributed by atoms with Gasteiger partial charge in [-0.1, -0.05) is 11.6 Å². The number of anilines is 1. The van der Waals surface area contributed by atoms with Gasteiger partial charge in [0, 0.05) is 34.7 Å². The minimum Gasteiger partial charge on any atom is -0.454 e. The number of amides is 1. The Kier molecular flexibility index (Phi) is 5.58. The van der Waals surface area contributed by atoms with Crippen molar-refractivity contribution in [3.05, 3.63) is 83.1 Å². The number of nitrogens with one attached hydrogen (secondary N) is 2. The molecular weight excluding hydrogens is 392 g/mol. The maximum absolute atomic E-state index is 12.6. The van der Waals surface area contributed by atoms with Gasteiger partial charge >= 0.3 is 0 Å². The third-order valence-corrected chi connectivity index (χ3v) is 4.39. The second kappa shape index (κ2) is 8.62. The molecule has 7 nitrogen and oxygen atoms in total. The van der Waals surface area contributed by atoms with E-state index >= 15 is 0 Å². The van der Waals surface area contributed by atoms with Gasteiger partial charge in [-0.25, -0.2) is 4.99 Å². The van der Waals surface area contributed by atoms with E-state index in [-0.39, 0.29) is 12.7 Å². The van der Waals surface area contributed by atoms with Crippen molar-refractivity contribution in [3.8, 4) is 11.5 Å². The van der Waals surface area contributed by atoms with Gasteiger partial charge in [-0.05, 0) is 54.1 Å². The minimum absolute atomic E-state index is 0.190. The number of guanidine groups is 1. The molecule has 0 saturated carbocycles. The summed E-state index contributed by atoms with van der Waals surface area (Å²) in [6, 6.07) is 15.8. The Hall–Kier alpha value is -3.58. The van der Waals surface area contributed by atoms with Gasteiger partial charge in [0.15, 0.2) is 11.5 Å². The van der Waals surface area contributed by atoms with Gasteiger partial charge in [0.1, 0.15) is 0 Å². The number of ether oxygens (including phenoxy) is 2. The van der Waals surface area contributed by atoms with E-state index in [0.29, 0.717) is 40.3 Å².